The first-order valence-corrected chi connectivity index (χ1v) is 11.2. The maximum atomic E-state index is 13.0. The minimum Gasteiger partial charge on any atom is -0.496 e. The van der Waals surface area contributed by atoms with Crippen LogP contribution in [0, 0.1) is 0 Å². The minimum absolute atomic E-state index is 0.0138. The summed E-state index contributed by atoms with van der Waals surface area (Å²) in [6, 6.07) is 9.17. The summed E-state index contributed by atoms with van der Waals surface area (Å²) in [6.07, 6.45) is 3.35. The van der Waals surface area contributed by atoms with Crippen LogP contribution < -0.4 is 4.74 Å². The van der Waals surface area contributed by atoms with Gasteiger partial charge in [-0.3, -0.25) is 4.79 Å². The lowest BCUT2D eigenvalue weighted by Crippen LogP contribution is -2.47. The van der Waals surface area contributed by atoms with Crippen LogP contribution in [0.15, 0.2) is 47.1 Å². The predicted octanol–water partition coefficient (Wildman–Crippen LogP) is 6.45. The van der Waals surface area contributed by atoms with Gasteiger partial charge in [0.1, 0.15) is 11.3 Å². The van der Waals surface area contributed by atoms with Crippen molar-refractivity contribution in [2.75, 3.05) is 20.2 Å². The molecule has 0 bridgehead atoms. The molecule has 0 N–H and O–H groups in total. The van der Waals surface area contributed by atoms with Crippen LogP contribution in [0.25, 0.3) is 27.7 Å². The topological polar surface area (TPSA) is 51.9 Å². The second-order valence-corrected chi connectivity index (χ2v) is 8.99. The third kappa shape index (κ3) is 4.51. The lowest BCUT2D eigenvalue weighted by Gasteiger charge is -2.34. The van der Waals surface area contributed by atoms with Crippen molar-refractivity contribution in [3.8, 4) is 16.9 Å². The molecule has 4 rings (SSSR count). The van der Waals surface area contributed by atoms with Gasteiger partial charge in [-0.05, 0) is 44.5 Å². The van der Waals surface area contributed by atoms with E-state index in [0.717, 1.165) is 27.6 Å². The molecule has 2 heterocycles. The molecule has 5 nitrogen and oxygen atoms in total. The van der Waals surface area contributed by atoms with Crippen molar-refractivity contribution in [1.29, 1.82) is 0 Å². The lowest BCUT2D eigenvalue weighted by atomic mass is 9.99. The third-order valence-electron chi connectivity index (χ3n) is 5.61. The molecule has 7 heteroatoms. The summed E-state index contributed by atoms with van der Waals surface area (Å²) in [6.45, 7) is 7.01. The summed E-state index contributed by atoms with van der Waals surface area (Å²) < 4.78 is 17.1. The molecule has 0 aliphatic carbocycles. The Morgan fingerprint density at radius 2 is 1.84 bits per heavy atom. The number of methoxy groups -OCH3 is 1. The number of carbonyl (C=O) groups is 1. The molecule has 1 amide bonds. The number of hydrogen-bond donors (Lipinski definition) is 0. The second kappa shape index (κ2) is 9.18. The quantitative estimate of drug-likeness (QED) is 0.408. The van der Waals surface area contributed by atoms with E-state index in [-0.39, 0.29) is 18.1 Å². The zero-order chi connectivity index (χ0) is 23.0. The lowest BCUT2D eigenvalue weighted by molar-refractivity contribution is -0.137. The van der Waals surface area contributed by atoms with E-state index >= 15 is 0 Å². The van der Waals surface area contributed by atoms with Gasteiger partial charge in [-0.2, -0.15) is 0 Å². The average Bonchev–Trinajstić information content (AvgIpc) is 3.14. The van der Waals surface area contributed by atoms with Crippen LogP contribution in [0.1, 0.15) is 26.3 Å². The van der Waals surface area contributed by atoms with Crippen molar-refractivity contribution in [3.63, 3.8) is 0 Å². The molecule has 0 spiro atoms. The van der Waals surface area contributed by atoms with Crippen molar-refractivity contribution >= 4 is 45.7 Å². The standard InChI is InChI=1S/C25H25Cl2NO4/c1-14(7-25(29)28-11-15(2)32-16(3)12-28)19-9-20-21(13-31-24(20)10-23(19)30-4)18-6-5-17(26)8-22(18)27/h5-10,13,15-16H,11-12H2,1-4H3/b14-7+. The maximum Gasteiger partial charge on any atom is 0.247 e. The van der Waals surface area contributed by atoms with Crippen LogP contribution in [0.4, 0.5) is 0 Å². The Hall–Kier alpha value is -2.47. The van der Waals surface area contributed by atoms with E-state index in [0.29, 0.717) is 34.5 Å². The average molecular weight is 474 g/mol. The molecular weight excluding hydrogens is 449 g/mol. The number of benzene rings is 2. The number of rotatable bonds is 4. The second-order valence-electron chi connectivity index (χ2n) is 8.15. The molecule has 2 unspecified atom stereocenters. The highest BCUT2D eigenvalue weighted by Crippen LogP contribution is 2.40. The third-order valence-corrected chi connectivity index (χ3v) is 6.16. The molecule has 0 radical (unpaired) electrons. The van der Waals surface area contributed by atoms with Crippen molar-refractivity contribution in [2.45, 2.75) is 33.0 Å². The normalized spacial score (nSPS) is 19.4. The molecule has 1 aliphatic rings. The van der Waals surface area contributed by atoms with Crippen LogP contribution in [0.3, 0.4) is 0 Å². The number of furan rings is 1. The molecule has 1 aromatic heterocycles. The van der Waals surface area contributed by atoms with Gasteiger partial charge >= 0.3 is 0 Å². The van der Waals surface area contributed by atoms with Crippen molar-refractivity contribution in [1.82, 2.24) is 4.90 Å². The first kappa shape index (κ1) is 22.7. The largest absolute Gasteiger partial charge is 0.496 e. The number of amides is 1. The number of morpholine rings is 1. The number of nitrogens with zero attached hydrogens (tertiary/aromatic N) is 1. The molecule has 0 saturated carbocycles. The Labute approximate surface area is 197 Å². The zero-order valence-electron chi connectivity index (χ0n) is 18.4. The van der Waals surface area contributed by atoms with E-state index in [9.17, 15) is 4.79 Å². The number of allylic oxidation sites excluding steroid dienone is 1. The van der Waals surface area contributed by atoms with Gasteiger partial charge in [-0.1, -0.05) is 29.3 Å². The number of halogens is 2. The molecule has 1 aliphatic heterocycles. The molecule has 1 saturated heterocycles. The highest BCUT2D eigenvalue weighted by Gasteiger charge is 2.25. The highest BCUT2D eigenvalue weighted by atomic mass is 35.5. The van der Waals surface area contributed by atoms with Crippen LogP contribution in [-0.4, -0.2) is 43.2 Å². The summed E-state index contributed by atoms with van der Waals surface area (Å²) in [4.78, 5) is 14.8. The monoisotopic (exact) mass is 473 g/mol. The van der Waals surface area contributed by atoms with Gasteiger partial charge in [0.15, 0.2) is 0 Å². The summed E-state index contributed by atoms with van der Waals surface area (Å²) in [5.41, 5.74) is 3.95. The van der Waals surface area contributed by atoms with Gasteiger partial charge in [-0.15, -0.1) is 0 Å². The molecule has 32 heavy (non-hydrogen) atoms. The maximum absolute atomic E-state index is 13.0. The smallest absolute Gasteiger partial charge is 0.247 e. The van der Waals surface area contributed by atoms with Crippen molar-refractivity contribution in [2.24, 2.45) is 0 Å². The Kier molecular flexibility index (Phi) is 6.52. The van der Waals surface area contributed by atoms with Gasteiger partial charge in [0, 0.05) is 52.3 Å². The van der Waals surface area contributed by atoms with Crippen LogP contribution in [0.2, 0.25) is 10.0 Å². The highest BCUT2D eigenvalue weighted by molar-refractivity contribution is 6.36. The molecule has 1 fully saturated rings. The van der Waals surface area contributed by atoms with E-state index in [1.807, 2.05) is 43.9 Å². The van der Waals surface area contributed by atoms with Crippen molar-refractivity contribution < 1.29 is 18.7 Å². The summed E-state index contributed by atoms with van der Waals surface area (Å²) in [5.74, 6) is 0.589. The Bertz CT molecular complexity index is 1190. The zero-order valence-corrected chi connectivity index (χ0v) is 20.0. The Balaban J connectivity index is 1.74. The van der Waals surface area contributed by atoms with Gasteiger partial charge in [0.05, 0.1) is 30.6 Å². The fraction of sp³-hybridized carbons (Fsp3) is 0.320. The molecule has 2 atom stereocenters. The Morgan fingerprint density at radius 1 is 1.12 bits per heavy atom. The molecule has 3 aromatic rings. The van der Waals surface area contributed by atoms with E-state index in [1.165, 1.54) is 0 Å². The van der Waals surface area contributed by atoms with E-state index in [2.05, 4.69) is 0 Å². The van der Waals surface area contributed by atoms with E-state index in [4.69, 9.17) is 37.1 Å². The van der Waals surface area contributed by atoms with Gasteiger partial charge in [0.2, 0.25) is 5.91 Å². The molecular formula is C25H25Cl2NO4. The fourth-order valence-corrected chi connectivity index (χ4v) is 4.67. The number of fused-ring (bicyclic) bond motifs is 1. The molecule has 168 valence electrons. The number of ether oxygens (including phenoxy) is 2. The van der Waals surface area contributed by atoms with Crippen molar-refractivity contribution in [3.05, 3.63) is 58.3 Å². The SMILES string of the molecule is COc1cc2occ(-c3ccc(Cl)cc3Cl)c2cc1/C(C)=C/C(=O)N1CC(C)OC(C)C1. The Morgan fingerprint density at radius 3 is 2.50 bits per heavy atom. The van der Waals surface area contributed by atoms with Gasteiger partial charge in [0.25, 0.3) is 0 Å². The predicted molar refractivity (Wildman–Crippen MR) is 128 cm³/mol. The van der Waals surface area contributed by atoms with E-state index < -0.39 is 0 Å². The van der Waals surface area contributed by atoms with Gasteiger partial charge < -0.3 is 18.8 Å². The summed E-state index contributed by atoms with van der Waals surface area (Å²) >= 11 is 12.5. The van der Waals surface area contributed by atoms with Gasteiger partial charge in [-0.25, -0.2) is 0 Å². The summed E-state index contributed by atoms with van der Waals surface area (Å²) in [5, 5.41) is 1.98. The first-order valence-electron chi connectivity index (χ1n) is 10.4. The number of hydrogen-bond acceptors (Lipinski definition) is 4. The molecule has 2 aromatic carbocycles. The fourth-order valence-electron chi connectivity index (χ4n) is 4.16. The van der Waals surface area contributed by atoms with E-state index in [1.54, 1.807) is 31.6 Å². The minimum atomic E-state index is -0.0418. The number of carbonyl (C=O) groups excluding carboxylic acids is 1. The first-order chi connectivity index (χ1) is 15.3. The van der Waals surface area contributed by atoms with Crippen LogP contribution in [0.5, 0.6) is 5.75 Å². The van der Waals surface area contributed by atoms with Crippen LogP contribution >= 0.6 is 23.2 Å². The summed E-state index contributed by atoms with van der Waals surface area (Å²) in [7, 11) is 1.60. The van der Waals surface area contributed by atoms with Crippen LogP contribution in [-0.2, 0) is 9.53 Å².